The SMILES string of the molecule is CC(=O)/C(C)=C/N=N\N=[N+]=[N-]. The predicted molar refractivity (Wildman–Crippen MR) is 38.4 cm³/mol. The van der Waals surface area contributed by atoms with Crippen molar-refractivity contribution in [2.75, 3.05) is 0 Å². The summed E-state index contributed by atoms with van der Waals surface area (Å²) in [5.41, 5.74) is 8.22. The number of hydrogen-bond donors (Lipinski definition) is 0. The Balaban J connectivity index is 4.12. The highest BCUT2D eigenvalue weighted by atomic mass is 16.1. The van der Waals surface area contributed by atoms with Crippen molar-refractivity contribution in [3.63, 3.8) is 0 Å². The second-order valence-electron chi connectivity index (χ2n) is 1.75. The molecular formula is C5H7N5O. The molecule has 0 fully saturated rings. The molecule has 0 aliphatic carbocycles. The smallest absolute Gasteiger partial charge is 0.157 e. The number of rotatable bonds is 3. The van der Waals surface area contributed by atoms with E-state index in [0.29, 0.717) is 5.57 Å². The van der Waals surface area contributed by atoms with Gasteiger partial charge in [0.25, 0.3) is 0 Å². The Morgan fingerprint density at radius 2 is 2.18 bits per heavy atom. The first kappa shape index (κ1) is 9.32. The minimum Gasteiger partial charge on any atom is -0.295 e. The van der Waals surface area contributed by atoms with Crippen LogP contribution in [0.3, 0.4) is 0 Å². The van der Waals surface area contributed by atoms with Crippen LogP contribution in [0.15, 0.2) is 27.3 Å². The molecule has 0 saturated heterocycles. The van der Waals surface area contributed by atoms with Crippen LogP contribution in [0.4, 0.5) is 0 Å². The summed E-state index contributed by atoms with van der Waals surface area (Å²) in [6.07, 6.45) is 1.23. The van der Waals surface area contributed by atoms with Gasteiger partial charge in [-0.2, -0.15) is 4.91 Å². The van der Waals surface area contributed by atoms with Gasteiger partial charge >= 0.3 is 0 Å². The minimum absolute atomic E-state index is 0.0927. The molecule has 6 nitrogen and oxygen atoms in total. The fraction of sp³-hybridized carbons (Fsp3) is 0.400. The molecule has 58 valence electrons. The molecule has 0 aromatic heterocycles. The Bertz CT molecular complexity index is 248. The standard InChI is InChI=1S/C5H7N5O/c1-4(5(2)11)3-7-9-10-8-6/h3H,1-2H3/b4-3+,9-7-. The van der Waals surface area contributed by atoms with Crippen molar-refractivity contribution in [1.29, 1.82) is 0 Å². The lowest BCUT2D eigenvalue weighted by atomic mass is 10.2. The minimum atomic E-state index is -0.0927. The topological polar surface area (TPSA) is 90.5 Å². The highest BCUT2D eigenvalue weighted by Crippen LogP contribution is 1.94. The molecule has 0 atom stereocenters. The summed E-state index contributed by atoms with van der Waals surface area (Å²) >= 11 is 0. The molecule has 0 unspecified atom stereocenters. The first-order valence-corrected chi connectivity index (χ1v) is 2.80. The van der Waals surface area contributed by atoms with Gasteiger partial charge in [0.2, 0.25) is 0 Å². The van der Waals surface area contributed by atoms with Crippen molar-refractivity contribution < 1.29 is 4.79 Å². The number of carbonyl (C=O) groups excluding carboxylic acids is 1. The van der Waals surface area contributed by atoms with E-state index < -0.39 is 0 Å². The van der Waals surface area contributed by atoms with E-state index in [1.54, 1.807) is 6.92 Å². The monoisotopic (exact) mass is 153 g/mol. The second-order valence-corrected chi connectivity index (χ2v) is 1.75. The molecule has 0 saturated carbocycles. The Hall–Kier alpha value is -1.68. The predicted octanol–water partition coefficient (Wildman–Crippen LogP) is 2.16. The van der Waals surface area contributed by atoms with Crippen LogP contribution in [0.1, 0.15) is 13.8 Å². The fourth-order valence-corrected chi connectivity index (χ4v) is 0.244. The molecule has 0 aromatic carbocycles. The molecule has 0 aliphatic rings. The second kappa shape index (κ2) is 5.13. The quantitative estimate of drug-likeness (QED) is 0.201. The van der Waals surface area contributed by atoms with Crippen LogP contribution in [0.5, 0.6) is 0 Å². The zero-order chi connectivity index (χ0) is 8.69. The van der Waals surface area contributed by atoms with E-state index in [9.17, 15) is 4.79 Å². The van der Waals surface area contributed by atoms with Crippen molar-refractivity contribution in [3.8, 4) is 0 Å². The molecule has 0 spiro atoms. The zero-order valence-electron chi connectivity index (χ0n) is 6.22. The van der Waals surface area contributed by atoms with Crippen molar-refractivity contribution in [1.82, 2.24) is 0 Å². The number of nitrogens with zero attached hydrogens (tertiary/aromatic N) is 5. The van der Waals surface area contributed by atoms with Gasteiger partial charge in [0.05, 0.1) is 11.4 Å². The van der Waals surface area contributed by atoms with Crippen LogP contribution in [-0.2, 0) is 4.79 Å². The van der Waals surface area contributed by atoms with E-state index in [0.717, 1.165) is 0 Å². The number of carbonyl (C=O) groups is 1. The summed E-state index contributed by atoms with van der Waals surface area (Å²) in [5, 5.41) is 9.11. The maximum atomic E-state index is 10.5. The molecule has 0 radical (unpaired) electrons. The van der Waals surface area contributed by atoms with E-state index in [-0.39, 0.29) is 5.78 Å². The van der Waals surface area contributed by atoms with Gasteiger partial charge in [-0.05, 0) is 19.0 Å². The molecular weight excluding hydrogens is 146 g/mol. The Labute approximate surface area is 63.2 Å². The van der Waals surface area contributed by atoms with Gasteiger partial charge in [-0.1, -0.05) is 0 Å². The van der Waals surface area contributed by atoms with Gasteiger partial charge < -0.3 is 0 Å². The number of hydrogen-bond acceptors (Lipinski definition) is 2. The van der Waals surface area contributed by atoms with E-state index in [1.165, 1.54) is 13.1 Å². The lowest BCUT2D eigenvalue weighted by Crippen LogP contribution is -1.89. The number of Topliss-reactive ketones (excluding diaryl/α,β-unsaturated/α-hetero) is 1. The van der Waals surface area contributed by atoms with Gasteiger partial charge in [0, 0.05) is 5.57 Å². The van der Waals surface area contributed by atoms with Crippen LogP contribution in [0, 0.1) is 0 Å². The molecule has 0 aliphatic heterocycles. The maximum absolute atomic E-state index is 10.5. The molecule has 11 heavy (non-hydrogen) atoms. The normalized spacial score (nSPS) is 11.3. The Kier molecular flexibility index (Phi) is 4.35. The van der Waals surface area contributed by atoms with E-state index in [2.05, 4.69) is 20.5 Å². The summed E-state index contributed by atoms with van der Waals surface area (Å²) in [7, 11) is 0. The van der Waals surface area contributed by atoms with Gasteiger partial charge in [0.15, 0.2) is 5.78 Å². The van der Waals surface area contributed by atoms with Gasteiger partial charge in [-0.15, -0.1) is 5.53 Å². The van der Waals surface area contributed by atoms with E-state index >= 15 is 0 Å². The third kappa shape index (κ3) is 4.80. The largest absolute Gasteiger partial charge is 0.295 e. The van der Waals surface area contributed by atoms with Crippen molar-refractivity contribution in [3.05, 3.63) is 22.2 Å². The number of ketones is 1. The lowest BCUT2D eigenvalue weighted by Gasteiger charge is -1.84. The summed E-state index contributed by atoms with van der Waals surface area (Å²) in [6, 6.07) is 0. The van der Waals surface area contributed by atoms with Crippen LogP contribution >= 0.6 is 0 Å². The maximum Gasteiger partial charge on any atom is 0.157 e. The van der Waals surface area contributed by atoms with Gasteiger partial charge in [-0.25, -0.2) is 0 Å². The van der Waals surface area contributed by atoms with Crippen molar-refractivity contribution in [2.45, 2.75) is 13.8 Å². The van der Waals surface area contributed by atoms with Gasteiger partial charge in [-0.3, -0.25) is 4.79 Å². The first-order chi connectivity index (χ1) is 5.18. The van der Waals surface area contributed by atoms with Crippen LogP contribution in [0.25, 0.3) is 10.4 Å². The highest BCUT2D eigenvalue weighted by molar-refractivity contribution is 5.92. The Morgan fingerprint density at radius 1 is 1.55 bits per heavy atom. The third-order valence-corrected chi connectivity index (χ3v) is 0.938. The van der Waals surface area contributed by atoms with E-state index in [1.807, 2.05) is 0 Å². The number of azide groups is 1. The molecule has 6 heteroatoms. The molecule has 0 N–H and O–H groups in total. The van der Waals surface area contributed by atoms with Crippen molar-refractivity contribution >= 4 is 5.78 Å². The average molecular weight is 153 g/mol. The molecule has 0 heterocycles. The van der Waals surface area contributed by atoms with Crippen molar-refractivity contribution in [2.24, 2.45) is 15.6 Å². The van der Waals surface area contributed by atoms with Gasteiger partial charge in [0.1, 0.15) is 5.22 Å². The summed E-state index contributed by atoms with van der Waals surface area (Å²) in [6.45, 7) is 3.01. The highest BCUT2D eigenvalue weighted by Gasteiger charge is 1.93. The lowest BCUT2D eigenvalue weighted by molar-refractivity contribution is -0.113. The van der Waals surface area contributed by atoms with Crippen LogP contribution < -0.4 is 0 Å². The zero-order valence-corrected chi connectivity index (χ0v) is 6.22. The summed E-state index contributed by atoms with van der Waals surface area (Å²) < 4.78 is 0. The fourth-order valence-electron chi connectivity index (χ4n) is 0.244. The van der Waals surface area contributed by atoms with E-state index in [4.69, 9.17) is 5.53 Å². The molecule has 0 rings (SSSR count). The molecule has 0 bridgehead atoms. The first-order valence-electron chi connectivity index (χ1n) is 2.80. The summed E-state index contributed by atoms with van der Waals surface area (Å²) in [5.74, 6) is -0.0927. The molecule has 0 amide bonds. The third-order valence-electron chi connectivity index (χ3n) is 0.938. The summed E-state index contributed by atoms with van der Waals surface area (Å²) in [4.78, 5) is 12.9. The average Bonchev–Trinajstić information content (AvgIpc) is 1.97. The molecule has 0 aromatic rings. The Morgan fingerprint density at radius 3 is 2.64 bits per heavy atom. The van der Waals surface area contributed by atoms with Crippen LogP contribution in [0.2, 0.25) is 0 Å². The number of allylic oxidation sites excluding steroid dienone is 1. The van der Waals surface area contributed by atoms with Crippen LogP contribution in [-0.4, -0.2) is 5.78 Å².